The minimum atomic E-state index is -3.84. The fraction of sp³-hybridized carbons (Fsp3) is 0.364. The number of hydrogen-bond acceptors (Lipinski definition) is 5. The van der Waals surface area contributed by atoms with E-state index in [1.807, 2.05) is 18.2 Å². The van der Waals surface area contributed by atoms with E-state index < -0.39 is 22.0 Å². The zero-order valence-corrected chi connectivity index (χ0v) is 18.2. The fourth-order valence-electron chi connectivity index (χ4n) is 3.90. The van der Waals surface area contributed by atoms with Gasteiger partial charge in [0.2, 0.25) is 15.9 Å². The number of carbonyl (C=O) groups is 2. The third-order valence-corrected chi connectivity index (χ3v) is 7.63. The van der Waals surface area contributed by atoms with Crippen LogP contribution in [0, 0.1) is 12.8 Å². The van der Waals surface area contributed by atoms with Crippen LogP contribution in [0.3, 0.4) is 0 Å². The van der Waals surface area contributed by atoms with E-state index in [4.69, 9.17) is 4.74 Å². The maximum atomic E-state index is 13.4. The van der Waals surface area contributed by atoms with Gasteiger partial charge in [-0.05, 0) is 50.5 Å². The summed E-state index contributed by atoms with van der Waals surface area (Å²) in [4.78, 5) is 24.7. The molecule has 2 heterocycles. The number of ether oxygens (including phenoxy) is 1. The quantitative estimate of drug-likeness (QED) is 0.756. The van der Waals surface area contributed by atoms with Crippen LogP contribution >= 0.6 is 0 Å². The van der Waals surface area contributed by atoms with Crippen LogP contribution < -0.4 is 15.4 Å². The van der Waals surface area contributed by atoms with Gasteiger partial charge in [0, 0.05) is 24.8 Å². The summed E-state index contributed by atoms with van der Waals surface area (Å²) in [6, 6.07) is 12.2. The summed E-state index contributed by atoms with van der Waals surface area (Å²) in [5.41, 5.74) is 1.65. The maximum absolute atomic E-state index is 13.4. The number of carbonyl (C=O) groups excluding carboxylic acids is 2. The predicted molar refractivity (Wildman–Crippen MR) is 116 cm³/mol. The number of fused-ring (bicyclic) bond motifs is 1. The SMILES string of the molecule is Cc1cc2c(cc1S(=O)(=O)N1CCC[C@@H](C(=O)Nc3ccccc3)C1)O[C@@H](C)C(=O)N2. The van der Waals surface area contributed by atoms with Crippen LogP contribution in [0.15, 0.2) is 47.4 Å². The molecule has 0 aliphatic carbocycles. The molecule has 2 aromatic carbocycles. The van der Waals surface area contributed by atoms with Gasteiger partial charge in [-0.15, -0.1) is 0 Å². The maximum Gasteiger partial charge on any atom is 0.265 e. The molecule has 9 heteroatoms. The van der Waals surface area contributed by atoms with Crippen molar-refractivity contribution < 1.29 is 22.7 Å². The normalized spacial score (nSPS) is 21.5. The summed E-state index contributed by atoms with van der Waals surface area (Å²) >= 11 is 0. The molecule has 2 N–H and O–H groups in total. The van der Waals surface area contributed by atoms with Crippen molar-refractivity contribution in [3.05, 3.63) is 48.0 Å². The van der Waals surface area contributed by atoms with Crippen LogP contribution in [0.5, 0.6) is 5.75 Å². The molecule has 0 aromatic heterocycles. The summed E-state index contributed by atoms with van der Waals surface area (Å²) in [5.74, 6) is -0.567. The first-order valence-electron chi connectivity index (χ1n) is 10.2. The van der Waals surface area contributed by atoms with Crippen LogP contribution in [0.1, 0.15) is 25.3 Å². The molecule has 0 unspecified atom stereocenters. The molecule has 2 aromatic rings. The molecule has 0 spiro atoms. The Hall–Kier alpha value is -2.91. The molecule has 2 atom stereocenters. The van der Waals surface area contributed by atoms with Crippen molar-refractivity contribution in [2.75, 3.05) is 23.7 Å². The highest BCUT2D eigenvalue weighted by molar-refractivity contribution is 7.89. The van der Waals surface area contributed by atoms with E-state index in [0.717, 1.165) is 0 Å². The molecule has 2 aliphatic heterocycles. The van der Waals surface area contributed by atoms with Crippen LogP contribution in [0.4, 0.5) is 11.4 Å². The highest BCUT2D eigenvalue weighted by Gasteiger charge is 2.35. The molecule has 4 rings (SSSR count). The number of para-hydroxylation sites is 1. The zero-order valence-electron chi connectivity index (χ0n) is 17.4. The molecule has 8 nitrogen and oxygen atoms in total. The lowest BCUT2D eigenvalue weighted by Gasteiger charge is -2.32. The van der Waals surface area contributed by atoms with Gasteiger partial charge in [-0.2, -0.15) is 4.31 Å². The minimum Gasteiger partial charge on any atom is -0.479 e. The summed E-state index contributed by atoms with van der Waals surface area (Å²) in [5, 5.41) is 5.59. The number of anilines is 2. The first-order valence-corrected chi connectivity index (χ1v) is 11.7. The molecule has 2 amide bonds. The molecule has 164 valence electrons. The second-order valence-corrected chi connectivity index (χ2v) is 9.83. The van der Waals surface area contributed by atoms with Gasteiger partial charge in [-0.3, -0.25) is 9.59 Å². The Balaban J connectivity index is 1.55. The van der Waals surface area contributed by atoms with Gasteiger partial charge >= 0.3 is 0 Å². The fourth-order valence-corrected chi connectivity index (χ4v) is 5.65. The average Bonchev–Trinajstić information content (AvgIpc) is 2.75. The Labute approximate surface area is 181 Å². The second-order valence-electron chi connectivity index (χ2n) is 7.92. The lowest BCUT2D eigenvalue weighted by molar-refractivity contribution is -0.123. The lowest BCUT2D eigenvalue weighted by atomic mass is 9.99. The topological polar surface area (TPSA) is 105 Å². The highest BCUT2D eigenvalue weighted by atomic mass is 32.2. The first kappa shape index (κ1) is 21.3. The van der Waals surface area contributed by atoms with E-state index in [1.54, 1.807) is 32.0 Å². The van der Waals surface area contributed by atoms with E-state index in [2.05, 4.69) is 10.6 Å². The van der Waals surface area contributed by atoms with Crippen molar-refractivity contribution in [3.63, 3.8) is 0 Å². The minimum absolute atomic E-state index is 0.117. The number of aryl methyl sites for hydroxylation is 1. The molecule has 2 aliphatic rings. The molecule has 0 bridgehead atoms. The number of amides is 2. The van der Waals surface area contributed by atoms with E-state index >= 15 is 0 Å². The molecule has 31 heavy (non-hydrogen) atoms. The van der Waals surface area contributed by atoms with Crippen molar-refractivity contribution in [3.8, 4) is 5.75 Å². The monoisotopic (exact) mass is 443 g/mol. The number of nitrogens with one attached hydrogen (secondary N) is 2. The third-order valence-electron chi connectivity index (χ3n) is 5.62. The Morgan fingerprint density at radius 1 is 1.23 bits per heavy atom. The highest BCUT2D eigenvalue weighted by Crippen LogP contribution is 2.36. The smallest absolute Gasteiger partial charge is 0.265 e. The van der Waals surface area contributed by atoms with Gasteiger partial charge < -0.3 is 15.4 Å². The van der Waals surface area contributed by atoms with Gasteiger partial charge in [0.25, 0.3) is 5.91 Å². The molecule has 1 saturated heterocycles. The molecule has 0 saturated carbocycles. The second kappa shape index (κ2) is 8.32. The van der Waals surface area contributed by atoms with Gasteiger partial charge in [-0.25, -0.2) is 8.42 Å². The number of hydrogen-bond donors (Lipinski definition) is 2. The van der Waals surface area contributed by atoms with E-state index in [-0.39, 0.29) is 23.3 Å². The van der Waals surface area contributed by atoms with Gasteiger partial charge in [-0.1, -0.05) is 18.2 Å². The predicted octanol–water partition coefficient (Wildman–Crippen LogP) is 2.75. The summed E-state index contributed by atoms with van der Waals surface area (Å²) in [6.07, 6.45) is 0.520. The largest absolute Gasteiger partial charge is 0.479 e. The van der Waals surface area contributed by atoms with Crippen LogP contribution in [0.2, 0.25) is 0 Å². The van der Waals surface area contributed by atoms with Crippen LogP contribution in [-0.4, -0.2) is 43.7 Å². The van der Waals surface area contributed by atoms with Gasteiger partial charge in [0.05, 0.1) is 16.5 Å². The standard InChI is InChI=1S/C22H25N3O5S/c1-14-11-18-19(30-15(2)21(26)24-18)12-20(14)31(28,29)25-10-6-7-16(13-25)22(27)23-17-8-4-3-5-9-17/h3-5,8-9,11-12,15-16H,6-7,10,13H2,1-2H3,(H,23,27)(H,24,26)/t15-,16+/m0/s1. The van der Waals surface area contributed by atoms with Crippen molar-refractivity contribution in [1.29, 1.82) is 0 Å². The van der Waals surface area contributed by atoms with Crippen LogP contribution in [-0.2, 0) is 19.6 Å². The molecule has 1 fully saturated rings. The zero-order chi connectivity index (χ0) is 22.2. The van der Waals surface area contributed by atoms with E-state index in [0.29, 0.717) is 42.1 Å². The van der Waals surface area contributed by atoms with E-state index in [1.165, 1.54) is 10.4 Å². The number of rotatable bonds is 4. The Morgan fingerprint density at radius 3 is 2.71 bits per heavy atom. The lowest BCUT2D eigenvalue weighted by Crippen LogP contribution is -2.44. The summed E-state index contributed by atoms with van der Waals surface area (Å²) < 4.78 is 33.8. The number of piperidine rings is 1. The number of sulfonamides is 1. The average molecular weight is 444 g/mol. The summed E-state index contributed by atoms with van der Waals surface area (Å²) in [6.45, 7) is 3.75. The van der Waals surface area contributed by atoms with Gasteiger partial charge in [0.1, 0.15) is 5.75 Å². The van der Waals surface area contributed by atoms with Crippen molar-refractivity contribution in [2.24, 2.45) is 5.92 Å². The van der Waals surface area contributed by atoms with Crippen molar-refractivity contribution in [1.82, 2.24) is 4.31 Å². The Kier molecular flexibility index (Phi) is 5.72. The van der Waals surface area contributed by atoms with Crippen molar-refractivity contribution in [2.45, 2.75) is 37.7 Å². The Morgan fingerprint density at radius 2 is 1.97 bits per heavy atom. The molecular formula is C22H25N3O5S. The van der Waals surface area contributed by atoms with Crippen LogP contribution in [0.25, 0.3) is 0 Å². The third kappa shape index (κ3) is 4.28. The Bertz CT molecular complexity index is 1120. The van der Waals surface area contributed by atoms with E-state index in [9.17, 15) is 18.0 Å². The number of nitrogens with zero attached hydrogens (tertiary/aromatic N) is 1. The van der Waals surface area contributed by atoms with Gasteiger partial charge in [0.15, 0.2) is 6.10 Å². The number of benzene rings is 2. The first-order chi connectivity index (χ1) is 14.8. The summed E-state index contributed by atoms with van der Waals surface area (Å²) in [7, 11) is -3.84. The molecular weight excluding hydrogens is 418 g/mol. The molecule has 0 radical (unpaired) electrons. The van der Waals surface area contributed by atoms with Crippen molar-refractivity contribution >= 4 is 33.2 Å².